The number of nitrogens with zero attached hydrogens (tertiary/aromatic N) is 3. The largest absolute Gasteiger partial charge is 3.00 e. The van der Waals surface area contributed by atoms with Crippen molar-refractivity contribution in [2.24, 2.45) is 0 Å². The van der Waals surface area contributed by atoms with Crippen molar-refractivity contribution in [3.05, 3.63) is 172 Å². The molecule has 0 fully saturated rings. The van der Waals surface area contributed by atoms with Gasteiger partial charge in [0.05, 0.1) is 40.7 Å². The fourth-order valence-corrected chi connectivity index (χ4v) is 3.88. The summed E-state index contributed by atoms with van der Waals surface area (Å²) in [6, 6.07) is 34.9. The van der Waals surface area contributed by atoms with E-state index in [1.165, 1.54) is 72.8 Å². The van der Waals surface area contributed by atoms with E-state index in [1.807, 2.05) is 54.6 Å². The van der Waals surface area contributed by atoms with E-state index in [0.717, 1.165) is 22.8 Å². The maximum atomic E-state index is 10.2. The molecule has 0 unspecified atom stereocenters. The Hall–Kier alpha value is -4.55. The van der Waals surface area contributed by atoms with Gasteiger partial charge in [-0.05, 0) is 89.5 Å². The van der Waals surface area contributed by atoms with Crippen molar-refractivity contribution >= 4 is 52.7 Å². The van der Waals surface area contributed by atoms with Crippen molar-refractivity contribution in [3.8, 4) is 22.8 Å². The third kappa shape index (κ3) is 15.3. The molecule has 6 rings (SSSR count). The minimum absolute atomic E-state index is 0. The van der Waals surface area contributed by atoms with E-state index in [2.05, 4.69) is 15.0 Å². The Morgan fingerprint density at radius 3 is 0.940 bits per heavy atom. The predicted octanol–water partition coefficient (Wildman–Crippen LogP) is 4.39. The van der Waals surface area contributed by atoms with Crippen molar-refractivity contribution in [3.63, 3.8) is 0 Å². The average molecular weight is 808 g/mol. The number of carbonyl (C=O) groups excluding carboxylic acids is 3. The summed E-state index contributed by atoms with van der Waals surface area (Å²) >= 11 is 16.5. The van der Waals surface area contributed by atoms with Crippen LogP contribution in [-0.4, -0.2) is 32.9 Å². The number of aromatic nitrogens is 3. The zero-order chi connectivity index (χ0) is 34.9. The Bertz CT molecular complexity index is 1730. The van der Waals surface area contributed by atoms with Crippen molar-refractivity contribution in [1.82, 2.24) is 15.0 Å². The van der Waals surface area contributed by atoms with Crippen molar-refractivity contribution in [1.29, 1.82) is 0 Å². The summed E-state index contributed by atoms with van der Waals surface area (Å²) in [5, 5.41) is 32.0. The molecule has 3 N–H and O–H groups in total. The van der Waals surface area contributed by atoms with Crippen LogP contribution in [0.15, 0.2) is 140 Å². The van der Waals surface area contributed by atoms with Crippen LogP contribution in [0.1, 0.15) is 31.1 Å². The molecule has 0 aliphatic rings. The molecule has 0 spiro atoms. The van der Waals surface area contributed by atoms with Gasteiger partial charge in [-0.2, -0.15) is 0 Å². The molecular formula is C36H26Cl3N3O7Y+. The smallest absolute Gasteiger partial charge is 0.545 e. The third-order valence-corrected chi connectivity index (χ3v) is 6.60. The molecule has 0 atom stereocenters. The summed E-state index contributed by atoms with van der Waals surface area (Å²) < 4.78 is 0. The predicted molar refractivity (Wildman–Crippen MR) is 183 cm³/mol. The van der Waals surface area contributed by atoms with E-state index in [4.69, 9.17) is 34.8 Å². The molecule has 0 bridgehead atoms. The minimum atomic E-state index is -1.18. The molecule has 0 radical (unpaired) electrons. The second kappa shape index (κ2) is 23.0. The summed E-state index contributed by atoms with van der Waals surface area (Å²) in [6.45, 7) is 0. The van der Waals surface area contributed by atoms with Gasteiger partial charge in [-0.25, -0.2) is 4.98 Å². The topological polar surface area (TPSA) is 192 Å². The van der Waals surface area contributed by atoms with Gasteiger partial charge in [-0.15, -0.1) is 0 Å². The first-order valence-corrected chi connectivity index (χ1v) is 14.9. The molecule has 0 saturated heterocycles. The number of carbonyl (C=O) groups is 3. The molecule has 0 saturated carbocycles. The summed E-state index contributed by atoms with van der Waals surface area (Å²) in [5.74, 6) is -3.55. The van der Waals surface area contributed by atoms with E-state index in [1.54, 1.807) is 12.4 Å². The third-order valence-electron chi connectivity index (χ3n) is 5.84. The molecule has 14 heteroatoms. The first-order valence-electron chi connectivity index (χ1n) is 13.7. The van der Waals surface area contributed by atoms with Crippen molar-refractivity contribution < 1.29 is 67.9 Å². The van der Waals surface area contributed by atoms with Crippen LogP contribution in [0, 0.1) is 0 Å². The van der Waals surface area contributed by atoms with Gasteiger partial charge in [0, 0.05) is 27.5 Å². The van der Waals surface area contributed by atoms with Crippen molar-refractivity contribution in [2.45, 2.75) is 0 Å². The van der Waals surface area contributed by atoms with Crippen molar-refractivity contribution in [2.75, 3.05) is 0 Å². The molecule has 0 amide bonds. The number of benzene rings is 3. The van der Waals surface area contributed by atoms with E-state index in [0.29, 0.717) is 15.1 Å². The van der Waals surface area contributed by atoms with Crippen LogP contribution in [0.4, 0.5) is 0 Å². The Kier molecular flexibility index (Phi) is 20.0. The number of hydrogen-bond acceptors (Lipinski definition) is 9. The number of hydrogen-bond donors (Lipinski definition) is 0. The van der Waals surface area contributed by atoms with Gasteiger partial charge in [-0.1, -0.05) is 89.4 Å². The SMILES string of the molecule is O=C([O-])c1ccc(Cl)cc1.O=C([O-])c1ccc(Cl)cc1.O=C([O-])c1ccc(Cl)cc1.[OH3+].[Y+3].c1ccc(-c2cccc(-c3ccccn3)n2)nc1. The van der Waals surface area contributed by atoms with Crippen LogP contribution in [-0.2, 0) is 38.2 Å². The van der Waals surface area contributed by atoms with E-state index < -0.39 is 17.9 Å². The monoisotopic (exact) mass is 806 g/mol. The molecule has 50 heavy (non-hydrogen) atoms. The normalized spacial score (nSPS) is 9.26. The van der Waals surface area contributed by atoms with E-state index in [-0.39, 0.29) is 54.9 Å². The zero-order valence-electron chi connectivity index (χ0n) is 25.9. The van der Waals surface area contributed by atoms with Crippen LogP contribution < -0.4 is 15.3 Å². The van der Waals surface area contributed by atoms with Gasteiger partial charge in [-0.3, -0.25) is 9.97 Å². The Balaban J connectivity index is 0.000000344. The fraction of sp³-hybridized carbons (Fsp3) is 0. The standard InChI is InChI=1S/C15H11N3.3C7H5ClO2.H2O.Y/c1-3-10-16-12(6-1)14-8-5-9-15(18-14)13-7-2-4-11-17-13;3*8-6-3-1-5(2-4-6)7(9)10;;/h1-11H;3*1-4H,(H,9,10);1H2;/q;;;;;+3/p-2. The van der Waals surface area contributed by atoms with Gasteiger partial charge in [0.2, 0.25) is 0 Å². The maximum Gasteiger partial charge on any atom is 3.00 e. The Labute approximate surface area is 327 Å². The van der Waals surface area contributed by atoms with Crippen LogP contribution >= 0.6 is 34.8 Å². The molecule has 6 aromatic rings. The molecule has 0 aliphatic carbocycles. The van der Waals surface area contributed by atoms with E-state index >= 15 is 0 Å². The van der Waals surface area contributed by atoms with E-state index in [9.17, 15) is 29.7 Å². The second-order valence-electron chi connectivity index (χ2n) is 9.22. The number of pyridine rings is 3. The zero-order valence-corrected chi connectivity index (χ0v) is 31.0. The van der Waals surface area contributed by atoms with Crippen LogP contribution in [0.25, 0.3) is 22.8 Å². The summed E-state index contributed by atoms with van der Waals surface area (Å²) in [4.78, 5) is 43.7. The number of carboxylic acid groups (broad SMARTS) is 3. The number of carboxylic acids is 3. The van der Waals surface area contributed by atoms with Crippen LogP contribution in [0.5, 0.6) is 0 Å². The quantitative estimate of drug-likeness (QED) is 0.227. The van der Waals surface area contributed by atoms with Gasteiger partial charge < -0.3 is 35.2 Å². The molecular weight excluding hydrogens is 782 g/mol. The minimum Gasteiger partial charge on any atom is -0.545 e. The molecule has 250 valence electrons. The fourth-order valence-electron chi connectivity index (χ4n) is 3.51. The van der Waals surface area contributed by atoms with Gasteiger partial charge >= 0.3 is 32.7 Å². The first kappa shape index (κ1) is 43.5. The van der Waals surface area contributed by atoms with Gasteiger partial charge in [0.1, 0.15) is 0 Å². The van der Waals surface area contributed by atoms with Gasteiger partial charge in [0.15, 0.2) is 0 Å². The Morgan fingerprint density at radius 1 is 0.420 bits per heavy atom. The first-order chi connectivity index (χ1) is 23.0. The molecule has 0 aliphatic heterocycles. The molecule has 10 nitrogen and oxygen atoms in total. The number of aromatic carboxylic acids is 3. The molecule has 3 heterocycles. The second-order valence-corrected chi connectivity index (χ2v) is 10.5. The number of halogens is 3. The van der Waals surface area contributed by atoms with Crippen LogP contribution in [0.2, 0.25) is 15.1 Å². The average Bonchev–Trinajstić information content (AvgIpc) is 3.10. The Morgan fingerprint density at radius 2 is 0.700 bits per heavy atom. The number of rotatable bonds is 5. The summed E-state index contributed by atoms with van der Waals surface area (Å²) in [6.07, 6.45) is 3.54. The summed E-state index contributed by atoms with van der Waals surface area (Å²) in [5.41, 5.74) is 3.89. The molecule has 3 aromatic carbocycles. The molecule has 3 aromatic heterocycles. The summed E-state index contributed by atoms with van der Waals surface area (Å²) in [7, 11) is 0. The maximum absolute atomic E-state index is 10.2. The van der Waals surface area contributed by atoms with Gasteiger partial charge in [0.25, 0.3) is 0 Å². The van der Waals surface area contributed by atoms with Crippen LogP contribution in [0.3, 0.4) is 0 Å².